The van der Waals surface area contributed by atoms with Crippen molar-refractivity contribution in [3.05, 3.63) is 40.2 Å². The van der Waals surface area contributed by atoms with Crippen LogP contribution in [0.25, 0.3) is 11.4 Å². The van der Waals surface area contributed by atoms with Gasteiger partial charge < -0.3 is 5.32 Å². The van der Waals surface area contributed by atoms with Crippen LogP contribution in [-0.4, -0.2) is 16.5 Å². The Morgan fingerprint density at radius 2 is 2.00 bits per heavy atom. The van der Waals surface area contributed by atoms with Crippen LogP contribution in [0.5, 0.6) is 0 Å². The van der Waals surface area contributed by atoms with Crippen molar-refractivity contribution in [2.24, 2.45) is 0 Å². The Bertz CT molecular complexity index is 602. The molecule has 0 saturated heterocycles. The van der Waals surface area contributed by atoms with E-state index in [9.17, 15) is 4.39 Å². The molecule has 0 fully saturated rings. The van der Waals surface area contributed by atoms with Gasteiger partial charge in [0, 0.05) is 28.3 Å². The maximum Gasteiger partial charge on any atom is 0.162 e. The fourth-order valence-electron chi connectivity index (χ4n) is 1.81. The highest BCUT2D eigenvalue weighted by atomic mass is 79.9. The van der Waals surface area contributed by atoms with Crippen molar-refractivity contribution < 1.29 is 4.39 Å². The monoisotopic (exact) mass is 337 g/mol. The highest BCUT2D eigenvalue weighted by molar-refractivity contribution is 9.10. The van der Waals surface area contributed by atoms with E-state index in [0.717, 1.165) is 36.5 Å². The van der Waals surface area contributed by atoms with E-state index in [1.165, 1.54) is 12.1 Å². The Labute approximate surface area is 126 Å². The number of nitrogens with zero attached hydrogens (tertiary/aromatic N) is 2. The fourth-order valence-corrected chi connectivity index (χ4v) is 2.34. The smallest absolute Gasteiger partial charge is 0.162 e. The van der Waals surface area contributed by atoms with Crippen LogP contribution >= 0.6 is 15.9 Å². The molecular formula is C15H17BrFN3. The van der Waals surface area contributed by atoms with Gasteiger partial charge in [0.15, 0.2) is 5.82 Å². The quantitative estimate of drug-likeness (QED) is 0.876. The van der Waals surface area contributed by atoms with Gasteiger partial charge in [-0.3, -0.25) is 0 Å². The average molecular weight is 338 g/mol. The summed E-state index contributed by atoms with van der Waals surface area (Å²) in [7, 11) is 0. The van der Waals surface area contributed by atoms with E-state index >= 15 is 0 Å². The molecule has 1 aromatic heterocycles. The highest BCUT2D eigenvalue weighted by Crippen LogP contribution is 2.27. The summed E-state index contributed by atoms with van der Waals surface area (Å²) in [6, 6.07) is 6.49. The number of rotatable bonds is 5. The lowest BCUT2D eigenvalue weighted by Crippen LogP contribution is -2.05. The van der Waals surface area contributed by atoms with Crippen molar-refractivity contribution >= 4 is 21.7 Å². The van der Waals surface area contributed by atoms with E-state index in [-0.39, 0.29) is 5.82 Å². The molecule has 0 aliphatic rings. The van der Waals surface area contributed by atoms with Crippen LogP contribution in [0.4, 0.5) is 10.2 Å². The molecule has 0 saturated carbocycles. The first-order chi connectivity index (χ1) is 9.63. The molecule has 0 radical (unpaired) electrons. The first kappa shape index (κ1) is 14.9. The van der Waals surface area contributed by atoms with E-state index in [0.29, 0.717) is 10.3 Å². The molecule has 0 aliphatic carbocycles. The Hall–Kier alpha value is -1.49. The lowest BCUT2D eigenvalue weighted by Gasteiger charge is -2.10. The van der Waals surface area contributed by atoms with Crippen molar-refractivity contribution in [1.29, 1.82) is 0 Å². The Morgan fingerprint density at radius 1 is 1.20 bits per heavy atom. The molecule has 0 amide bonds. The van der Waals surface area contributed by atoms with Gasteiger partial charge in [-0.25, -0.2) is 14.4 Å². The van der Waals surface area contributed by atoms with Gasteiger partial charge in [0.1, 0.15) is 11.6 Å². The summed E-state index contributed by atoms with van der Waals surface area (Å²) in [6.45, 7) is 5.02. The van der Waals surface area contributed by atoms with E-state index in [4.69, 9.17) is 0 Å². The van der Waals surface area contributed by atoms with Crippen LogP contribution < -0.4 is 5.32 Å². The van der Waals surface area contributed by atoms with Gasteiger partial charge in [0.2, 0.25) is 0 Å². The third-order valence-electron chi connectivity index (χ3n) is 2.87. The van der Waals surface area contributed by atoms with Gasteiger partial charge in [-0.1, -0.05) is 13.8 Å². The molecule has 1 N–H and O–H groups in total. The van der Waals surface area contributed by atoms with Crippen LogP contribution in [-0.2, 0) is 6.42 Å². The first-order valence-corrected chi connectivity index (χ1v) is 7.50. The second kappa shape index (κ2) is 6.79. The minimum Gasteiger partial charge on any atom is -0.370 e. The summed E-state index contributed by atoms with van der Waals surface area (Å²) >= 11 is 3.37. The zero-order chi connectivity index (χ0) is 14.5. The molecule has 106 valence electrons. The molecule has 0 bridgehead atoms. The summed E-state index contributed by atoms with van der Waals surface area (Å²) in [5.41, 5.74) is 1.76. The molecule has 0 atom stereocenters. The number of nitrogens with one attached hydrogen (secondary N) is 1. The molecule has 1 aromatic carbocycles. The van der Waals surface area contributed by atoms with Gasteiger partial charge in [0.25, 0.3) is 0 Å². The predicted molar refractivity (Wildman–Crippen MR) is 83.3 cm³/mol. The maximum absolute atomic E-state index is 13.2. The molecule has 1 heterocycles. The Balaban J connectivity index is 2.44. The zero-order valence-electron chi connectivity index (χ0n) is 11.6. The summed E-state index contributed by atoms with van der Waals surface area (Å²) in [5.74, 6) is 1.14. The van der Waals surface area contributed by atoms with E-state index in [1.807, 2.05) is 6.07 Å². The number of hydrogen-bond donors (Lipinski definition) is 1. The van der Waals surface area contributed by atoms with Gasteiger partial charge in [0.05, 0.1) is 0 Å². The second-order valence-electron chi connectivity index (χ2n) is 4.47. The lowest BCUT2D eigenvalue weighted by molar-refractivity contribution is 0.627. The number of benzene rings is 1. The third kappa shape index (κ3) is 3.54. The average Bonchev–Trinajstić information content (AvgIpc) is 2.44. The molecule has 20 heavy (non-hydrogen) atoms. The van der Waals surface area contributed by atoms with Crippen molar-refractivity contribution in [3.8, 4) is 11.4 Å². The number of aromatic nitrogens is 2. The molecule has 0 aliphatic heterocycles. The van der Waals surface area contributed by atoms with Crippen LogP contribution in [0.15, 0.2) is 28.7 Å². The highest BCUT2D eigenvalue weighted by Gasteiger charge is 2.10. The number of hydrogen-bond acceptors (Lipinski definition) is 3. The van der Waals surface area contributed by atoms with Crippen LogP contribution in [0.3, 0.4) is 0 Å². The van der Waals surface area contributed by atoms with Crippen molar-refractivity contribution in [2.75, 3.05) is 11.9 Å². The summed E-state index contributed by atoms with van der Waals surface area (Å²) < 4.78 is 13.8. The predicted octanol–water partition coefficient (Wildman–Crippen LogP) is 4.43. The molecule has 3 nitrogen and oxygen atoms in total. The van der Waals surface area contributed by atoms with E-state index in [1.54, 1.807) is 6.07 Å². The van der Waals surface area contributed by atoms with Gasteiger partial charge in [-0.2, -0.15) is 0 Å². The van der Waals surface area contributed by atoms with Crippen LogP contribution in [0.2, 0.25) is 0 Å². The topological polar surface area (TPSA) is 37.8 Å². The number of aryl methyl sites for hydroxylation is 1. The molecule has 0 unspecified atom stereocenters. The SMILES string of the molecule is CCCNc1cc(CC)nc(-c2ccc(F)cc2Br)n1. The van der Waals surface area contributed by atoms with Crippen LogP contribution in [0, 0.1) is 5.82 Å². The second-order valence-corrected chi connectivity index (χ2v) is 5.33. The fraction of sp³-hybridized carbons (Fsp3) is 0.333. The minimum absolute atomic E-state index is 0.281. The number of halogens is 2. The Morgan fingerprint density at radius 3 is 2.65 bits per heavy atom. The van der Waals surface area contributed by atoms with Crippen molar-refractivity contribution in [3.63, 3.8) is 0 Å². The summed E-state index contributed by atoms with van der Waals surface area (Å²) in [5, 5.41) is 3.27. The van der Waals surface area contributed by atoms with E-state index < -0.39 is 0 Å². The lowest BCUT2D eigenvalue weighted by atomic mass is 10.2. The maximum atomic E-state index is 13.2. The molecular weight excluding hydrogens is 321 g/mol. The first-order valence-electron chi connectivity index (χ1n) is 6.71. The molecule has 0 spiro atoms. The third-order valence-corrected chi connectivity index (χ3v) is 3.53. The Kier molecular flexibility index (Phi) is 5.06. The standard InChI is InChI=1S/C15H17BrFN3/c1-3-7-18-14-9-11(4-2)19-15(20-14)12-6-5-10(17)8-13(12)16/h5-6,8-9H,3-4,7H2,1-2H3,(H,18,19,20). The van der Waals surface area contributed by atoms with Gasteiger partial charge in [-0.15, -0.1) is 0 Å². The molecule has 2 aromatic rings. The van der Waals surface area contributed by atoms with Gasteiger partial charge >= 0.3 is 0 Å². The van der Waals surface area contributed by atoms with Crippen molar-refractivity contribution in [1.82, 2.24) is 9.97 Å². The summed E-state index contributed by atoms with van der Waals surface area (Å²) in [6.07, 6.45) is 1.86. The normalized spacial score (nSPS) is 10.6. The van der Waals surface area contributed by atoms with Crippen molar-refractivity contribution in [2.45, 2.75) is 26.7 Å². The molecule has 5 heteroatoms. The number of anilines is 1. The largest absolute Gasteiger partial charge is 0.370 e. The van der Waals surface area contributed by atoms with Crippen LogP contribution in [0.1, 0.15) is 26.0 Å². The zero-order valence-corrected chi connectivity index (χ0v) is 13.2. The van der Waals surface area contributed by atoms with E-state index in [2.05, 4.69) is 45.1 Å². The van der Waals surface area contributed by atoms with Gasteiger partial charge in [-0.05, 0) is 47.0 Å². The molecule has 2 rings (SSSR count). The minimum atomic E-state index is -0.281. The summed E-state index contributed by atoms with van der Waals surface area (Å²) in [4.78, 5) is 9.02.